The summed E-state index contributed by atoms with van der Waals surface area (Å²) < 4.78 is 75.3. The fraction of sp³-hybridized carbons (Fsp3) is 0.538. The van der Waals surface area contributed by atoms with E-state index in [-0.39, 0.29) is 85.8 Å². The zero-order valence-electron chi connectivity index (χ0n) is 22.6. The Morgan fingerprint density at radius 3 is 2.62 bits per heavy atom. The van der Waals surface area contributed by atoms with Crippen LogP contribution < -0.4 is 19.9 Å². The number of cyclic esters (lactones) is 1. The number of sulfonamides is 1. The molecular weight excluding hydrogens is 600 g/mol. The molecule has 2 N–H and O–H groups in total. The highest BCUT2D eigenvalue weighted by Gasteiger charge is 2.47. The van der Waals surface area contributed by atoms with Crippen molar-refractivity contribution in [2.45, 2.75) is 42.0 Å². The lowest BCUT2D eigenvalue weighted by Gasteiger charge is -2.36. The first-order valence-electron chi connectivity index (χ1n) is 13.5. The number of piperazine rings is 1. The Kier molecular flexibility index (Phi) is 7.68. The van der Waals surface area contributed by atoms with Gasteiger partial charge in [0.1, 0.15) is 35.5 Å². The minimum Gasteiger partial charge on any atom is -0.489 e. The summed E-state index contributed by atoms with van der Waals surface area (Å²) in [6.45, 7) is 2.23. The molecule has 2 unspecified atom stereocenters. The van der Waals surface area contributed by atoms with Gasteiger partial charge >= 0.3 is 6.09 Å². The van der Waals surface area contributed by atoms with Gasteiger partial charge in [-0.15, -0.1) is 0 Å². The maximum absolute atomic E-state index is 15.3. The van der Waals surface area contributed by atoms with Crippen molar-refractivity contribution in [3.05, 3.63) is 41.0 Å². The van der Waals surface area contributed by atoms with Gasteiger partial charge in [-0.25, -0.2) is 18.2 Å². The highest BCUT2D eigenvalue weighted by molar-refractivity contribution is 7.89. The molecule has 1 aromatic heterocycles. The number of aromatic nitrogens is 1. The summed E-state index contributed by atoms with van der Waals surface area (Å²) in [7, 11) is -3.95. The molecule has 16 heteroatoms. The van der Waals surface area contributed by atoms with Gasteiger partial charge in [-0.05, 0) is 31.2 Å². The van der Waals surface area contributed by atoms with E-state index in [4.69, 9.17) is 25.8 Å². The van der Waals surface area contributed by atoms with E-state index >= 15 is 8.78 Å². The van der Waals surface area contributed by atoms with Gasteiger partial charge in [-0.3, -0.25) is 4.90 Å². The van der Waals surface area contributed by atoms with Gasteiger partial charge in [0.15, 0.2) is 6.10 Å². The van der Waals surface area contributed by atoms with Crippen molar-refractivity contribution in [3.63, 3.8) is 0 Å². The number of aliphatic hydroxyl groups excluding tert-OH is 1. The predicted octanol–water partition coefficient (Wildman–Crippen LogP) is 1.79. The predicted molar refractivity (Wildman–Crippen MR) is 147 cm³/mol. The number of benzene rings is 1. The van der Waals surface area contributed by atoms with Gasteiger partial charge < -0.3 is 29.5 Å². The normalized spacial score (nSPS) is 26.8. The molecule has 42 heavy (non-hydrogen) atoms. The van der Waals surface area contributed by atoms with Crippen LogP contribution in [0.3, 0.4) is 0 Å². The van der Waals surface area contributed by atoms with Crippen LogP contribution in [0.25, 0.3) is 0 Å². The lowest BCUT2D eigenvalue weighted by molar-refractivity contribution is -0.158. The zero-order chi connectivity index (χ0) is 29.8. The van der Waals surface area contributed by atoms with Gasteiger partial charge in [0.25, 0.3) is 5.92 Å². The van der Waals surface area contributed by atoms with E-state index in [1.807, 2.05) is 6.92 Å². The fourth-order valence-corrected chi connectivity index (χ4v) is 7.22. The number of pyridine rings is 1. The van der Waals surface area contributed by atoms with E-state index in [9.17, 15) is 18.3 Å². The number of alkyl halides is 2. The minimum absolute atomic E-state index is 0.0143. The van der Waals surface area contributed by atoms with Crippen LogP contribution in [-0.4, -0.2) is 106 Å². The third kappa shape index (κ3) is 5.15. The monoisotopic (exact) mass is 629 g/mol. The number of hydrogen-bond donors (Lipinski definition) is 2. The van der Waals surface area contributed by atoms with E-state index in [1.165, 1.54) is 33.5 Å². The number of hydrogen-bond acceptors (Lipinski definition) is 10. The second-order valence-electron chi connectivity index (χ2n) is 10.7. The van der Waals surface area contributed by atoms with Crippen molar-refractivity contribution in [1.29, 1.82) is 0 Å². The van der Waals surface area contributed by atoms with Gasteiger partial charge in [0, 0.05) is 50.4 Å². The Labute approximate surface area is 246 Å². The summed E-state index contributed by atoms with van der Waals surface area (Å²) in [5.41, 5.74) is 0.0388. The second-order valence-corrected chi connectivity index (χ2v) is 13.0. The number of amides is 1. The molecule has 12 nitrogen and oxygen atoms in total. The molecule has 1 amide bonds. The quantitative estimate of drug-likeness (QED) is 0.456. The molecule has 5 heterocycles. The highest BCUT2D eigenvalue weighted by atomic mass is 35.5. The standard InChI is InChI=1S/C26H30ClF2N5O7S/c1-15-13-40-22(11-30-15)26(28,29)16-8-23(27)31-24(9-16)32-4-6-33(7-5-32)42(37,38)17-2-3-18-20(10-17)39-14-19-21(12-35)41-25(36)34(18)19/h2-3,8-10,15,19,21-22,30,35H,4-7,11-14H2,1H3/t15?,19-,21-,22?/m0/s1. The first-order valence-corrected chi connectivity index (χ1v) is 15.3. The van der Waals surface area contributed by atoms with Crippen LogP contribution in [0.15, 0.2) is 35.2 Å². The Morgan fingerprint density at radius 1 is 1.17 bits per heavy atom. The lowest BCUT2D eigenvalue weighted by atomic mass is 10.0. The third-order valence-electron chi connectivity index (χ3n) is 7.96. The molecule has 0 radical (unpaired) electrons. The van der Waals surface area contributed by atoms with E-state index in [0.717, 1.165) is 6.07 Å². The first kappa shape index (κ1) is 29.3. The minimum atomic E-state index is -3.95. The molecule has 3 fully saturated rings. The van der Waals surface area contributed by atoms with Crippen molar-refractivity contribution in [2.24, 2.45) is 0 Å². The van der Waals surface area contributed by atoms with E-state index < -0.39 is 40.3 Å². The second kappa shape index (κ2) is 11.0. The number of nitrogens with one attached hydrogen (secondary N) is 1. The molecule has 0 bridgehead atoms. The summed E-state index contributed by atoms with van der Waals surface area (Å²) >= 11 is 6.15. The summed E-state index contributed by atoms with van der Waals surface area (Å²) in [5.74, 6) is -2.88. The van der Waals surface area contributed by atoms with Gasteiger partial charge in [-0.2, -0.15) is 13.1 Å². The number of nitrogens with zero attached hydrogens (tertiary/aromatic N) is 4. The average molecular weight is 630 g/mol. The van der Waals surface area contributed by atoms with Crippen molar-refractivity contribution in [1.82, 2.24) is 14.6 Å². The molecular formula is C26H30ClF2N5O7S. The number of carbonyl (C=O) groups is 1. The largest absolute Gasteiger partial charge is 0.489 e. The fourth-order valence-electron chi connectivity index (χ4n) is 5.58. The summed E-state index contributed by atoms with van der Waals surface area (Å²) in [6.07, 6.45) is -2.73. The van der Waals surface area contributed by atoms with Crippen LogP contribution >= 0.6 is 11.6 Å². The Morgan fingerprint density at radius 2 is 1.93 bits per heavy atom. The van der Waals surface area contributed by atoms with Gasteiger partial charge in [0.2, 0.25) is 10.0 Å². The number of anilines is 2. The molecule has 0 spiro atoms. The Bertz CT molecular complexity index is 1470. The number of fused-ring (bicyclic) bond motifs is 3. The van der Waals surface area contributed by atoms with Crippen LogP contribution in [0.4, 0.5) is 25.1 Å². The molecule has 0 aliphatic carbocycles. The van der Waals surface area contributed by atoms with Crippen LogP contribution in [-0.2, 0) is 25.4 Å². The Balaban J connectivity index is 1.16. The number of carbonyl (C=O) groups excluding carboxylic acids is 1. The number of morpholine rings is 1. The molecule has 4 aliphatic rings. The highest BCUT2D eigenvalue weighted by Crippen LogP contribution is 2.41. The summed E-state index contributed by atoms with van der Waals surface area (Å²) in [5, 5.41) is 12.4. The molecule has 4 aliphatic heterocycles. The topological polar surface area (TPSA) is 134 Å². The van der Waals surface area contributed by atoms with Crippen LogP contribution in [0.2, 0.25) is 5.15 Å². The number of ether oxygens (including phenoxy) is 3. The van der Waals surface area contributed by atoms with E-state index in [0.29, 0.717) is 5.69 Å². The molecule has 4 atom stereocenters. The first-order chi connectivity index (χ1) is 20.0. The van der Waals surface area contributed by atoms with Gasteiger partial charge in [0.05, 0.1) is 23.8 Å². The average Bonchev–Trinajstić information content (AvgIpc) is 3.32. The molecule has 0 saturated carbocycles. The summed E-state index contributed by atoms with van der Waals surface area (Å²) in [4.78, 5) is 19.6. The smallest absolute Gasteiger partial charge is 0.415 e. The zero-order valence-corrected chi connectivity index (χ0v) is 24.2. The maximum Gasteiger partial charge on any atom is 0.415 e. The molecule has 6 rings (SSSR count). The van der Waals surface area contributed by atoms with Crippen molar-refractivity contribution in [2.75, 3.05) is 62.3 Å². The summed E-state index contributed by atoms with van der Waals surface area (Å²) in [6, 6.07) is 6.10. The SMILES string of the molecule is CC1COC(C(F)(F)c2cc(Cl)nc(N3CCN(S(=O)(=O)c4ccc5c(c4)OC[C@H]4[C@H](CO)OC(=O)N54)CC3)c2)CN1. The van der Waals surface area contributed by atoms with Crippen LogP contribution in [0, 0.1) is 0 Å². The molecule has 3 saturated heterocycles. The lowest BCUT2D eigenvalue weighted by Crippen LogP contribution is -2.51. The van der Waals surface area contributed by atoms with Crippen molar-refractivity contribution < 1.29 is 41.3 Å². The number of aliphatic hydroxyl groups is 1. The molecule has 1 aromatic carbocycles. The van der Waals surface area contributed by atoms with Crippen LogP contribution in [0.1, 0.15) is 12.5 Å². The van der Waals surface area contributed by atoms with Crippen molar-refractivity contribution in [3.8, 4) is 5.75 Å². The molecule has 228 valence electrons. The maximum atomic E-state index is 15.3. The number of halogens is 3. The van der Waals surface area contributed by atoms with E-state index in [2.05, 4.69) is 10.3 Å². The molecule has 2 aromatic rings. The number of rotatable bonds is 6. The van der Waals surface area contributed by atoms with E-state index in [1.54, 1.807) is 4.90 Å². The van der Waals surface area contributed by atoms with Gasteiger partial charge in [-0.1, -0.05) is 11.6 Å². The Hall–Kier alpha value is -2.82. The van der Waals surface area contributed by atoms with Crippen molar-refractivity contribution >= 4 is 39.2 Å². The third-order valence-corrected chi connectivity index (χ3v) is 10.0. The van der Waals surface area contributed by atoms with Crippen LogP contribution in [0.5, 0.6) is 5.75 Å².